The molecule has 24 heavy (non-hydrogen) atoms. The van der Waals surface area contributed by atoms with Gasteiger partial charge in [0.25, 0.3) is 0 Å². The molecule has 0 saturated heterocycles. The molecule has 0 aliphatic heterocycles. The molecule has 126 valence electrons. The number of allylic oxidation sites excluding steroid dienone is 3. The quantitative estimate of drug-likeness (QED) is 0.349. The Morgan fingerprint density at radius 1 is 1.33 bits per heavy atom. The van der Waals surface area contributed by atoms with Crippen molar-refractivity contribution in [2.45, 2.75) is 64.7 Å². The molecule has 1 atom stereocenters. The first-order chi connectivity index (χ1) is 11.5. The average Bonchev–Trinajstić information content (AvgIpc) is 3.31. The summed E-state index contributed by atoms with van der Waals surface area (Å²) in [6.07, 6.45) is 10.0. The summed E-state index contributed by atoms with van der Waals surface area (Å²) in [6.45, 7) is 8.89. The molecule has 2 aliphatic carbocycles. The third kappa shape index (κ3) is 4.86. The van der Waals surface area contributed by atoms with E-state index in [0.29, 0.717) is 23.0 Å². The van der Waals surface area contributed by atoms with Gasteiger partial charge in [-0.25, -0.2) is 0 Å². The number of hydrogen-bond acceptors (Lipinski definition) is 2. The minimum Gasteiger partial charge on any atom is -0.426 e. The number of benzene rings is 1. The van der Waals surface area contributed by atoms with Crippen LogP contribution < -0.4 is 10.2 Å². The molecule has 0 amide bonds. The van der Waals surface area contributed by atoms with Crippen LogP contribution in [-0.4, -0.2) is 13.8 Å². The molecular formula is C21H27BO2. The van der Waals surface area contributed by atoms with Crippen molar-refractivity contribution in [3.05, 3.63) is 47.6 Å². The van der Waals surface area contributed by atoms with Gasteiger partial charge in [-0.3, -0.25) is 4.79 Å². The molecule has 0 aromatic heterocycles. The Hall–Kier alpha value is -1.77. The molecule has 3 heteroatoms. The number of hydrogen-bond donors (Lipinski definition) is 0. The maximum atomic E-state index is 11.4. The van der Waals surface area contributed by atoms with E-state index < -0.39 is 0 Å². The largest absolute Gasteiger partial charge is 0.426 e. The second-order valence-corrected chi connectivity index (χ2v) is 6.81. The first-order valence-corrected chi connectivity index (χ1v) is 8.82. The van der Waals surface area contributed by atoms with Crippen molar-refractivity contribution >= 4 is 19.3 Å². The third-order valence-corrected chi connectivity index (χ3v) is 4.41. The zero-order valence-corrected chi connectivity index (χ0v) is 15.1. The SMILES string of the molecule is C=CC.[B]c1cc(OC(C)=O)c(C2C=C(C)CCC2)c(C2CC2)c1. The lowest BCUT2D eigenvalue weighted by molar-refractivity contribution is -0.131. The van der Waals surface area contributed by atoms with E-state index in [9.17, 15) is 4.79 Å². The molecule has 2 aliphatic rings. The predicted molar refractivity (Wildman–Crippen MR) is 101 cm³/mol. The molecule has 1 saturated carbocycles. The van der Waals surface area contributed by atoms with Crippen molar-refractivity contribution in [2.24, 2.45) is 0 Å². The highest BCUT2D eigenvalue weighted by Gasteiger charge is 2.31. The van der Waals surface area contributed by atoms with E-state index in [1.165, 1.54) is 49.3 Å². The standard InChI is InChI=1S/C18H21BO2.C3H6/c1-11-4-3-5-14(8-11)18-16(13-6-7-13)9-15(19)10-17(18)21-12(2)20;1-3-2/h8-10,13-14H,3-7H2,1-2H3;3H,1H2,2H3. The van der Waals surface area contributed by atoms with Crippen molar-refractivity contribution < 1.29 is 9.53 Å². The Bertz CT molecular complexity index is 641. The van der Waals surface area contributed by atoms with Crippen LogP contribution in [0.25, 0.3) is 0 Å². The molecule has 1 aromatic rings. The fraction of sp³-hybridized carbons (Fsp3) is 0.476. The van der Waals surface area contributed by atoms with Crippen LogP contribution in [0.4, 0.5) is 0 Å². The average molecular weight is 322 g/mol. The molecular weight excluding hydrogens is 295 g/mol. The topological polar surface area (TPSA) is 26.3 Å². The van der Waals surface area contributed by atoms with Crippen molar-refractivity contribution in [3.63, 3.8) is 0 Å². The third-order valence-electron chi connectivity index (χ3n) is 4.41. The molecule has 0 spiro atoms. The lowest BCUT2D eigenvalue weighted by atomic mass is 9.80. The van der Waals surface area contributed by atoms with Gasteiger partial charge in [0, 0.05) is 18.4 Å². The minimum atomic E-state index is -0.278. The van der Waals surface area contributed by atoms with Gasteiger partial charge in [-0.15, -0.1) is 6.58 Å². The second-order valence-electron chi connectivity index (χ2n) is 6.81. The van der Waals surface area contributed by atoms with E-state index in [2.05, 4.69) is 25.6 Å². The van der Waals surface area contributed by atoms with Crippen LogP contribution in [0.15, 0.2) is 36.4 Å². The van der Waals surface area contributed by atoms with Crippen molar-refractivity contribution in [2.75, 3.05) is 0 Å². The summed E-state index contributed by atoms with van der Waals surface area (Å²) < 4.78 is 5.49. The Morgan fingerprint density at radius 2 is 2.00 bits per heavy atom. The van der Waals surface area contributed by atoms with Crippen LogP contribution in [0.5, 0.6) is 5.75 Å². The van der Waals surface area contributed by atoms with E-state index >= 15 is 0 Å². The number of ether oxygens (including phenoxy) is 1. The smallest absolute Gasteiger partial charge is 0.308 e. The number of rotatable bonds is 3. The van der Waals surface area contributed by atoms with Crippen molar-refractivity contribution in [1.82, 2.24) is 0 Å². The molecule has 0 heterocycles. The molecule has 1 unspecified atom stereocenters. The summed E-state index contributed by atoms with van der Waals surface area (Å²) in [4.78, 5) is 11.4. The summed E-state index contributed by atoms with van der Waals surface area (Å²) in [7, 11) is 6.02. The molecule has 0 bridgehead atoms. The highest BCUT2D eigenvalue weighted by molar-refractivity contribution is 6.32. The van der Waals surface area contributed by atoms with Crippen LogP contribution in [0.1, 0.15) is 75.8 Å². The predicted octanol–water partition coefficient (Wildman–Crippen LogP) is 4.69. The molecule has 1 aromatic carbocycles. The Balaban J connectivity index is 0.000000647. The van der Waals surface area contributed by atoms with E-state index in [1.807, 2.05) is 6.92 Å². The van der Waals surface area contributed by atoms with E-state index in [4.69, 9.17) is 12.6 Å². The monoisotopic (exact) mass is 322 g/mol. The first-order valence-electron chi connectivity index (χ1n) is 8.82. The molecule has 1 fully saturated rings. The van der Waals surface area contributed by atoms with Crippen LogP contribution in [0.3, 0.4) is 0 Å². The maximum Gasteiger partial charge on any atom is 0.308 e. The Kier molecular flexibility index (Phi) is 6.48. The number of carbonyl (C=O) groups is 1. The van der Waals surface area contributed by atoms with Crippen LogP contribution in [0.2, 0.25) is 0 Å². The van der Waals surface area contributed by atoms with Gasteiger partial charge >= 0.3 is 5.97 Å². The highest BCUT2D eigenvalue weighted by Crippen LogP contribution is 2.47. The fourth-order valence-electron chi connectivity index (χ4n) is 3.38. The van der Waals surface area contributed by atoms with Crippen LogP contribution in [-0.2, 0) is 4.79 Å². The Morgan fingerprint density at radius 3 is 2.54 bits per heavy atom. The van der Waals surface area contributed by atoms with Gasteiger partial charge in [-0.1, -0.05) is 29.3 Å². The van der Waals surface area contributed by atoms with Crippen LogP contribution in [0, 0.1) is 0 Å². The fourth-order valence-corrected chi connectivity index (χ4v) is 3.38. The lowest BCUT2D eigenvalue weighted by Crippen LogP contribution is -2.15. The maximum absolute atomic E-state index is 11.4. The van der Waals surface area contributed by atoms with Gasteiger partial charge < -0.3 is 4.74 Å². The van der Waals surface area contributed by atoms with Gasteiger partial charge in [0.2, 0.25) is 0 Å². The normalized spacial score (nSPS) is 19.6. The first kappa shape index (κ1) is 18.6. The van der Waals surface area contributed by atoms with Crippen LogP contribution >= 0.6 is 0 Å². The van der Waals surface area contributed by atoms with E-state index in [-0.39, 0.29) is 5.97 Å². The van der Waals surface area contributed by atoms with E-state index in [0.717, 1.165) is 6.42 Å². The number of esters is 1. The second kappa shape index (κ2) is 8.37. The molecule has 2 radical (unpaired) electrons. The number of carbonyl (C=O) groups excluding carboxylic acids is 1. The summed E-state index contributed by atoms with van der Waals surface area (Å²) in [5.41, 5.74) is 4.61. The van der Waals surface area contributed by atoms with Gasteiger partial charge in [-0.05, 0) is 63.5 Å². The molecule has 3 rings (SSSR count). The summed E-state index contributed by atoms with van der Waals surface area (Å²) >= 11 is 0. The zero-order chi connectivity index (χ0) is 17.7. The summed E-state index contributed by atoms with van der Waals surface area (Å²) in [5, 5.41) is 0. The Labute approximate surface area is 147 Å². The lowest BCUT2D eigenvalue weighted by Gasteiger charge is -2.25. The van der Waals surface area contributed by atoms with Gasteiger partial charge in [0.05, 0.1) is 0 Å². The zero-order valence-electron chi connectivity index (χ0n) is 15.1. The van der Waals surface area contributed by atoms with E-state index in [1.54, 1.807) is 12.1 Å². The van der Waals surface area contributed by atoms with Gasteiger partial charge in [0.1, 0.15) is 13.6 Å². The summed E-state index contributed by atoms with van der Waals surface area (Å²) in [5.74, 6) is 1.33. The van der Waals surface area contributed by atoms with Crippen molar-refractivity contribution in [3.8, 4) is 5.75 Å². The van der Waals surface area contributed by atoms with Gasteiger partial charge in [-0.2, -0.15) is 0 Å². The summed E-state index contributed by atoms with van der Waals surface area (Å²) in [6, 6.07) is 3.89. The van der Waals surface area contributed by atoms with Gasteiger partial charge in [0.15, 0.2) is 0 Å². The molecule has 0 N–H and O–H groups in total. The minimum absolute atomic E-state index is 0.278. The molecule has 2 nitrogen and oxygen atoms in total. The van der Waals surface area contributed by atoms with Crippen molar-refractivity contribution in [1.29, 1.82) is 0 Å². The highest BCUT2D eigenvalue weighted by atomic mass is 16.5.